The van der Waals surface area contributed by atoms with Gasteiger partial charge in [0.15, 0.2) is 0 Å². The third kappa shape index (κ3) is 5.21. The zero-order valence-electron chi connectivity index (χ0n) is 13.3. The number of thiophene rings is 2. The van der Waals surface area contributed by atoms with E-state index in [0.29, 0.717) is 5.56 Å². The number of carbonyl (C=O) groups is 1. The molecule has 0 fully saturated rings. The molecule has 6 heteroatoms. The van der Waals surface area contributed by atoms with E-state index in [2.05, 4.69) is 36.5 Å². The normalized spacial score (nSPS) is 11.3. The lowest BCUT2D eigenvalue weighted by atomic mass is 10.3. The number of esters is 1. The number of quaternary nitrogens is 1. The van der Waals surface area contributed by atoms with E-state index in [1.807, 2.05) is 11.4 Å². The van der Waals surface area contributed by atoms with Gasteiger partial charge < -0.3 is 9.64 Å². The number of nitrogens with one attached hydrogen (secondary N) is 1. The maximum absolute atomic E-state index is 11.6. The van der Waals surface area contributed by atoms with Crippen LogP contribution in [0.25, 0.3) is 0 Å². The van der Waals surface area contributed by atoms with Gasteiger partial charge in [0.05, 0.1) is 33.3 Å². The monoisotopic (exact) mass is 339 g/mol. The fourth-order valence-electron chi connectivity index (χ4n) is 2.13. The van der Waals surface area contributed by atoms with Crippen molar-refractivity contribution in [1.29, 1.82) is 0 Å². The first kappa shape index (κ1) is 17.1. The standard InChI is InChI=1S/C16H22N2O2S2/c1-17(2)6-7-18(10-14-5-4-8-21-14)11-15-9-13(12-22-15)16(19)20-3/h4-5,8-9,12H,6-7,10-11H2,1-3H3/p+1. The van der Waals surface area contributed by atoms with Crippen LogP contribution in [-0.2, 0) is 17.8 Å². The van der Waals surface area contributed by atoms with Gasteiger partial charge >= 0.3 is 5.97 Å². The van der Waals surface area contributed by atoms with Crippen LogP contribution in [0.5, 0.6) is 0 Å². The molecule has 1 N–H and O–H groups in total. The second-order valence-electron chi connectivity index (χ2n) is 5.54. The highest BCUT2D eigenvalue weighted by atomic mass is 32.1. The molecule has 0 radical (unpaired) electrons. The molecule has 2 heterocycles. The first-order valence-electron chi connectivity index (χ1n) is 7.28. The number of carbonyl (C=O) groups excluding carboxylic acids is 1. The zero-order valence-corrected chi connectivity index (χ0v) is 14.9. The van der Waals surface area contributed by atoms with Gasteiger partial charge in [-0.3, -0.25) is 4.90 Å². The number of likely N-dealkylation sites (N-methyl/N-ethyl adjacent to an activating group) is 1. The number of hydrogen-bond acceptors (Lipinski definition) is 5. The van der Waals surface area contributed by atoms with Crippen molar-refractivity contribution in [1.82, 2.24) is 4.90 Å². The Balaban J connectivity index is 2.01. The Morgan fingerprint density at radius 3 is 2.68 bits per heavy atom. The highest BCUT2D eigenvalue weighted by Gasteiger charge is 2.13. The minimum Gasteiger partial charge on any atom is -0.465 e. The molecule has 120 valence electrons. The van der Waals surface area contributed by atoms with Gasteiger partial charge in [-0.05, 0) is 17.5 Å². The van der Waals surface area contributed by atoms with Gasteiger partial charge in [0.25, 0.3) is 0 Å². The van der Waals surface area contributed by atoms with Crippen LogP contribution >= 0.6 is 22.7 Å². The van der Waals surface area contributed by atoms with Gasteiger partial charge in [-0.25, -0.2) is 4.79 Å². The van der Waals surface area contributed by atoms with Gasteiger partial charge in [0.1, 0.15) is 0 Å². The Bertz CT molecular complexity index is 579. The third-order valence-corrected chi connectivity index (χ3v) is 5.12. The van der Waals surface area contributed by atoms with Crippen LogP contribution in [0.1, 0.15) is 20.1 Å². The van der Waals surface area contributed by atoms with Crippen LogP contribution < -0.4 is 4.90 Å². The van der Waals surface area contributed by atoms with Gasteiger partial charge in [0, 0.05) is 34.8 Å². The summed E-state index contributed by atoms with van der Waals surface area (Å²) in [4.78, 5) is 18.0. The van der Waals surface area contributed by atoms with Gasteiger partial charge in [0.2, 0.25) is 0 Å². The molecule has 4 nitrogen and oxygen atoms in total. The molecule has 2 rings (SSSR count). The maximum Gasteiger partial charge on any atom is 0.338 e. The maximum atomic E-state index is 11.6. The number of nitrogens with zero attached hydrogens (tertiary/aromatic N) is 1. The summed E-state index contributed by atoms with van der Waals surface area (Å²) in [6.07, 6.45) is 0. The highest BCUT2D eigenvalue weighted by Crippen LogP contribution is 2.19. The van der Waals surface area contributed by atoms with Crippen molar-refractivity contribution in [3.8, 4) is 0 Å². The first-order chi connectivity index (χ1) is 10.6. The van der Waals surface area contributed by atoms with Crippen molar-refractivity contribution in [3.05, 3.63) is 44.3 Å². The predicted octanol–water partition coefficient (Wildman–Crippen LogP) is 1.74. The van der Waals surface area contributed by atoms with E-state index in [-0.39, 0.29) is 5.97 Å². The summed E-state index contributed by atoms with van der Waals surface area (Å²) in [7, 11) is 5.76. The minimum absolute atomic E-state index is 0.259. The predicted molar refractivity (Wildman–Crippen MR) is 91.8 cm³/mol. The van der Waals surface area contributed by atoms with Gasteiger partial charge in [-0.15, -0.1) is 22.7 Å². The van der Waals surface area contributed by atoms with Crippen LogP contribution in [0, 0.1) is 0 Å². The minimum atomic E-state index is -0.259. The summed E-state index contributed by atoms with van der Waals surface area (Å²) in [5.41, 5.74) is 0.650. The van der Waals surface area contributed by atoms with E-state index >= 15 is 0 Å². The molecule has 0 atom stereocenters. The zero-order chi connectivity index (χ0) is 15.9. The molecular weight excluding hydrogens is 316 g/mol. The van der Waals surface area contributed by atoms with Gasteiger partial charge in [-0.1, -0.05) is 6.07 Å². The molecular formula is C16H23N2O2S2+. The van der Waals surface area contributed by atoms with Gasteiger partial charge in [-0.2, -0.15) is 0 Å². The Labute approximate surface area is 139 Å². The Hall–Kier alpha value is -1.21. The lowest BCUT2D eigenvalue weighted by Crippen LogP contribution is -3.06. The molecule has 0 unspecified atom stereocenters. The molecule has 22 heavy (non-hydrogen) atoms. The summed E-state index contributed by atoms with van der Waals surface area (Å²) in [5, 5.41) is 3.99. The largest absolute Gasteiger partial charge is 0.465 e. The lowest BCUT2D eigenvalue weighted by molar-refractivity contribution is -0.857. The Morgan fingerprint density at radius 1 is 1.27 bits per heavy atom. The van der Waals surface area contributed by atoms with Crippen molar-refractivity contribution in [2.45, 2.75) is 13.1 Å². The molecule has 0 amide bonds. The fourth-order valence-corrected chi connectivity index (χ4v) is 3.77. The van der Waals surface area contributed by atoms with Crippen LogP contribution in [0.2, 0.25) is 0 Å². The molecule has 0 aliphatic rings. The molecule has 2 aromatic rings. The quantitative estimate of drug-likeness (QED) is 0.744. The molecule has 0 aliphatic heterocycles. The molecule has 0 spiro atoms. The molecule has 0 saturated carbocycles. The molecule has 0 bridgehead atoms. The summed E-state index contributed by atoms with van der Waals surface area (Å²) in [6.45, 7) is 3.95. The van der Waals surface area contributed by atoms with Crippen molar-refractivity contribution in [2.75, 3.05) is 34.3 Å². The molecule has 2 aromatic heterocycles. The average molecular weight is 340 g/mol. The number of ether oxygens (including phenoxy) is 1. The molecule has 0 aromatic carbocycles. The van der Waals surface area contributed by atoms with Crippen molar-refractivity contribution in [3.63, 3.8) is 0 Å². The summed E-state index contributed by atoms with van der Waals surface area (Å²) in [6, 6.07) is 6.21. The third-order valence-electron chi connectivity index (χ3n) is 3.34. The molecule has 0 aliphatic carbocycles. The summed E-state index contributed by atoms with van der Waals surface area (Å²) < 4.78 is 4.77. The van der Waals surface area contributed by atoms with E-state index in [4.69, 9.17) is 4.74 Å². The summed E-state index contributed by atoms with van der Waals surface area (Å²) in [5.74, 6) is -0.259. The smallest absolute Gasteiger partial charge is 0.338 e. The van der Waals surface area contributed by atoms with E-state index < -0.39 is 0 Å². The van der Waals surface area contributed by atoms with Crippen LogP contribution in [0.15, 0.2) is 29.0 Å². The topological polar surface area (TPSA) is 34.0 Å². The number of methoxy groups -OCH3 is 1. The highest BCUT2D eigenvalue weighted by molar-refractivity contribution is 7.10. The number of hydrogen-bond donors (Lipinski definition) is 1. The fraction of sp³-hybridized carbons (Fsp3) is 0.438. The van der Waals surface area contributed by atoms with Crippen LogP contribution in [-0.4, -0.2) is 45.2 Å². The van der Waals surface area contributed by atoms with E-state index in [1.165, 1.54) is 21.8 Å². The SMILES string of the molecule is COC(=O)c1csc(CN(CC[NH+](C)C)Cc2cccs2)c1. The Morgan fingerprint density at radius 2 is 2.05 bits per heavy atom. The van der Waals surface area contributed by atoms with E-state index in [9.17, 15) is 4.79 Å². The van der Waals surface area contributed by atoms with E-state index in [1.54, 1.807) is 22.7 Å². The van der Waals surface area contributed by atoms with Crippen molar-refractivity contribution in [2.24, 2.45) is 0 Å². The van der Waals surface area contributed by atoms with Crippen LogP contribution in [0.4, 0.5) is 0 Å². The second-order valence-corrected chi connectivity index (χ2v) is 7.57. The van der Waals surface area contributed by atoms with Crippen molar-refractivity contribution >= 4 is 28.6 Å². The summed E-state index contributed by atoms with van der Waals surface area (Å²) >= 11 is 3.41. The lowest BCUT2D eigenvalue weighted by Gasteiger charge is -2.21. The average Bonchev–Trinajstić information content (AvgIpc) is 3.15. The number of rotatable bonds is 8. The van der Waals surface area contributed by atoms with E-state index in [0.717, 1.165) is 26.2 Å². The Kier molecular flexibility index (Phi) is 6.57. The first-order valence-corrected chi connectivity index (χ1v) is 9.04. The van der Waals surface area contributed by atoms with Crippen LogP contribution in [0.3, 0.4) is 0 Å². The molecule has 0 saturated heterocycles. The van der Waals surface area contributed by atoms with Crippen molar-refractivity contribution < 1.29 is 14.4 Å². The second kappa shape index (κ2) is 8.43.